The van der Waals surface area contributed by atoms with Crippen molar-refractivity contribution >= 4 is 28.2 Å². The summed E-state index contributed by atoms with van der Waals surface area (Å²) in [6.07, 6.45) is 6.03. The van der Waals surface area contributed by atoms with Gasteiger partial charge in [-0.15, -0.1) is 12.4 Å². The zero-order valence-corrected chi connectivity index (χ0v) is 15.9. The van der Waals surface area contributed by atoms with E-state index in [4.69, 9.17) is 0 Å². The summed E-state index contributed by atoms with van der Waals surface area (Å²) in [7, 11) is -3.20. The van der Waals surface area contributed by atoms with Gasteiger partial charge in [-0.2, -0.15) is 0 Å². The summed E-state index contributed by atoms with van der Waals surface area (Å²) in [5.74, 6) is 2.02. The van der Waals surface area contributed by atoms with Crippen molar-refractivity contribution in [2.75, 3.05) is 24.2 Å². The van der Waals surface area contributed by atoms with Crippen LogP contribution in [0.15, 0.2) is 6.20 Å². The monoisotopic (exact) mass is 362 g/mol. The smallest absolute Gasteiger partial charge is 0.209 e. The lowest BCUT2D eigenvalue weighted by Gasteiger charge is -2.20. The lowest BCUT2D eigenvalue weighted by atomic mass is 9.99. The van der Waals surface area contributed by atoms with Crippen molar-refractivity contribution < 1.29 is 8.42 Å². The van der Waals surface area contributed by atoms with Crippen LogP contribution in [0.2, 0.25) is 0 Å². The van der Waals surface area contributed by atoms with Crippen molar-refractivity contribution in [3.8, 4) is 0 Å². The SMILES string of the molecule is CCC[C@H]1CN(c2nc(C)ncc2CC)C[C@@H]1NS(C)(=O)=O.Cl. The Labute approximate surface area is 145 Å². The first-order valence-corrected chi connectivity index (χ1v) is 9.78. The van der Waals surface area contributed by atoms with E-state index in [0.717, 1.165) is 43.0 Å². The van der Waals surface area contributed by atoms with E-state index >= 15 is 0 Å². The lowest BCUT2D eigenvalue weighted by Crippen LogP contribution is -2.40. The number of hydrogen-bond acceptors (Lipinski definition) is 5. The maximum absolute atomic E-state index is 11.6. The minimum Gasteiger partial charge on any atom is -0.354 e. The lowest BCUT2D eigenvalue weighted by molar-refractivity contribution is 0.442. The maximum atomic E-state index is 11.6. The van der Waals surface area contributed by atoms with Crippen molar-refractivity contribution in [3.05, 3.63) is 17.6 Å². The van der Waals surface area contributed by atoms with Crippen LogP contribution < -0.4 is 9.62 Å². The maximum Gasteiger partial charge on any atom is 0.209 e. The van der Waals surface area contributed by atoms with E-state index in [1.165, 1.54) is 6.26 Å². The predicted molar refractivity (Wildman–Crippen MR) is 95.8 cm³/mol. The Bertz CT molecular complexity index is 624. The second kappa shape index (κ2) is 8.26. The summed E-state index contributed by atoms with van der Waals surface area (Å²) >= 11 is 0. The Morgan fingerprint density at radius 2 is 2.04 bits per heavy atom. The highest BCUT2D eigenvalue weighted by molar-refractivity contribution is 7.88. The highest BCUT2D eigenvalue weighted by atomic mass is 35.5. The number of hydrogen-bond donors (Lipinski definition) is 1. The molecule has 0 bridgehead atoms. The minimum atomic E-state index is -3.20. The largest absolute Gasteiger partial charge is 0.354 e. The van der Waals surface area contributed by atoms with Crippen LogP contribution >= 0.6 is 12.4 Å². The minimum absolute atomic E-state index is 0. The van der Waals surface area contributed by atoms with Crippen LogP contribution in [0, 0.1) is 12.8 Å². The second-order valence-electron chi connectivity index (χ2n) is 6.07. The van der Waals surface area contributed by atoms with Crippen molar-refractivity contribution in [2.45, 2.75) is 46.1 Å². The van der Waals surface area contributed by atoms with Gasteiger partial charge in [-0.25, -0.2) is 23.1 Å². The highest BCUT2D eigenvalue weighted by Gasteiger charge is 2.35. The third kappa shape index (κ3) is 5.29. The summed E-state index contributed by atoms with van der Waals surface area (Å²) in [5, 5.41) is 0. The first-order chi connectivity index (χ1) is 10.3. The molecule has 1 N–H and O–H groups in total. The first kappa shape index (κ1) is 20.1. The van der Waals surface area contributed by atoms with E-state index in [1.54, 1.807) is 0 Å². The fourth-order valence-electron chi connectivity index (χ4n) is 3.12. The summed E-state index contributed by atoms with van der Waals surface area (Å²) in [6, 6.07) is -0.0464. The Morgan fingerprint density at radius 3 is 2.61 bits per heavy atom. The molecule has 2 heterocycles. The third-order valence-corrected chi connectivity index (χ3v) is 4.84. The average Bonchev–Trinajstić information content (AvgIpc) is 2.80. The Hall–Kier alpha value is -0.920. The van der Waals surface area contributed by atoms with Crippen LogP contribution in [-0.2, 0) is 16.4 Å². The molecule has 1 aliphatic rings. The van der Waals surface area contributed by atoms with E-state index in [2.05, 4.69) is 33.4 Å². The average molecular weight is 363 g/mol. The number of aromatic nitrogens is 2. The van der Waals surface area contributed by atoms with E-state index < -0.39 is 10.0 Å². The summed E-state index contributed by atoms with van der Waals surface area (Å²) < 4.78 is 26.0. The van der Waals surface area contributed by atoms with Gasteiger partial charge in [0.1, 0.15) is 11.6 Å². The number of nitrogens with zero attached hydrogens (tertiary/aromatic N) is 3. The molecule has 0 amide bonds. The predicted octanol–water partition coefficient (Wildman–Crippen LogP) is 1.92. The molecule has 132 valence electrons. The van der Waals surface area contributed by atoms with Crippen LogP contribution in [0.3, 0.4) is 0 Å². The number of sulfonamides is 1. The van der Waals surface area contributed by atoms with Crippen molar-refractivity contribution in [3.63, 3.8) is 0 Å². The standard InChI is InChI=1S/C15H26N4O2S.ClH/c1-5-7-13-9-19(10-14(13)18-22(4,20)21)15-12(6-2)8-16-11(3)17-15;/h8,13-14,18H,5-7,9-10H2,1-4H3;1H/t13-,14-;/m0./s1. The fraction of sp³-hybridized carbons (Fsp3) is 0.733. The molecule has 0 aliphatic carbocycles. The molecule has 1 aromatic heterocycles. The van der Waals surface area contributed by atoms with Crippen LogP contribution in [0.5, 0.6) is 0 Å². The molecule has 23 heavy (non-hydrogen) atoms. The molecule has 8 heteroatoms. The first-order valence-electron chi connectivity index (χ1n) is 7.88. The van der Waals surface area contributed by atoms with E-state index in [0.29, 0.717) is 12.5 Å². The van der Waals surface area contributed by atoms with Gasteiger partial charge < -0.3 is 4.90 Å². The molecule has 1 fully saturated rings. The summed E-state index contributed by atoms with van der Waals surface area (Å²) in [4.78, 5) is 11.1. The third-order valence-electron chi connectivity index (χ3n) is 4.11. The van der Waals surface area contributed by atoms with Gasteiger partial charge >= 0.3 is 0 Å². The Balaban J connectivity index is 0.00000264. The zero-order valence-electron chi connectivity index (χ0n) is 14.2. The van der Waals surface area contributed by atoms with Gasteiger partial charge in [0.2, 0.25) is 10.0 Å². The fourth-order valence-corrected chi connectivity index (χ4v) is 3.94. The van der Waals surface area contributed by atoms with E-state index in [9.17, 15) is 8.42 Å². The van der Waals surface area contributed by atoms with Gasteiger partial charge in [-0.3, -0.25) is 0 Å². The molecule has 0 spiro atoms. The molecule has 0 radical (unpaired) electrons. The number of rotatable bonds is 6. The zero-order chi connectivity index (χ0) is 16.3. The van der Waals surface area contributed by atoms with Gasteiger partial charge in [0.25, 0.3) is 0 Å². The van der Waals surface area contributed by atoms with Gasteiger partial charge in [-0.05, 0) is 25.7 Å². The van der Waals surface area contributed by atoms with Crippen molar-refractivity contribution in [1.82, 2.24) is 14.7 Å². The molecule has 0 unspecified atom stereocenters. The molecule has 1 aromatic rings. The molecule has 2 rings (SSSR count). The molecule has 1 saturated heterocycles. The van der Waals surface area contributed by atoms with Gasteiger partial charge in [0.15, 0.2) is 0 Å². The summed E-state index contributed by atoms with van der Waals surface area (Å²) in [6.45, 7) is 7.61. The molecule has 2 atom stereocenters. The number of aryl methyl sites for hydroxylation is 2. The normalized spacial score (nSPS) is 21.3. The molecule has 1 aliphatic heterocycles. The second-order valence-corrected chi connectivity index (χ2v) is 7.85. The Kier molecular flexibility index (Phi) is 7.23. The number of nitrogens with one attached hydrogen (secondary N) is 1. The Morgan fingerprint density at radius 1 is 1.35 bits per heavy atom. The quantitative estimate of drug-likeness (QED) is 0.836. The molecule has 0 saturated carbocycles. The highest BCUT2D eigenvalue weighted by Crippen LogP contribution is 2.28. The molecular formula is C15H27ClN4O2S. The summed E-state index contributed by atoms with van der Waals surface area (Å²) in [5.41, 5.74) is 1.11. The molecular weight excluding hydrogens is 336 g/mol. The van der Waals surface area contributed by atoms with Crippen LogP contribution in [0.4, 0.5) is 5.82 Å². The van der Waals surface area contributed by atoms with E-state index in [1.807, 2.05) is 13.1 Å². The topological polar surface area (TPSA) is 75.2 Å². The van der Waals surface area contributed by atoms with Crippen molar-refractivity contribution in [2.24, 2.45) is 5.92 Å². The van der Waals surface area contributed by atoms with Crippen LogP contribution in [0.25, 0.3) is 0 Å². The van der Waals surface area contributed by atoms with Gasteiger partial charge in [0, 0.05) is 30.9 Å². The number of anilines is 1. The van der Waals surface area contributed by atoms with Gasteiger partial charge in [0.05, 0.1) is 6.26 Å². The molecule has 6 nitrogen and oxygen atoms in total. The molecule has 0 aromatic carbocycles. The van der Waals surface area contributed by atoms with Gasteiger partial charge in [-0.1, -0.05) is 20.3 Å². The van der Waals surface area contributed by atoms with E-state index in [-0.39, 0.29) is 18.4 Å². The number of halogens is 1. The van der Waals surface area contributed by atoms with Crippen LogP contribution in [0.1, 0.15) is 38.1 Å². The van der Waals surface area contributed by atoms with Crippen molar-refractivity contribution in [1.29, 1.82) is 0 Å². The van der Waals surface area contributed by atoms with Crippen LogP contribution in [-0.4, -0.2) is 43.8 Å².